The van der Waals surface area contributed by atoms with E-state index in [1.807, 2.05) is 41.3 Å². The third-order valence-corrected chi connectivity index (χ3v) is 5.95. The zero-order valence-electron chi connectivity index (χ0n) is 16.5. The van der Waals surface area contributed by atoms with Crippen LogP contribution in [0.2, 0.25) is 0 Å². The molecule has 1 amide bonds. The second-order valence-corrected chi connectivity index (χ2v) is 8.12. The van der Waals surface area contributed by atoms with Gasteiger partial charge in [-0.3, -0.25) is 9.69 Å². The molecule has 1 aliphatic heterocycles. The minimum absolute atomic E-state index is 0.0160. The van der Waals surface area contributed by atoms with Crippen LogP contribution in [0, 0.1) is 5.82 Å². The zero-order chi connectivity index (χ0) is 20.4. The number of benzene rings is 2. The molecular weight excluding hydrogens is 387 g/mol. The fourth-order valence-electron chi connectivity index (χ4n) is 3.72. The lowest BCUT2D eigenvalue weighted by atomic mass is 10.1. The molecule has 1 fully saturated rings. The van der Waals surface area contributed by atoms with E-state index in [9.17, 15) is 9.18 Å². The summed E-state index contributed by atoms with van der Waals surface area (Å²) < 4.78 is 21.6. The van der Waals surface area contributed by atoms with E-state index in [0.29, 0.717) is 6.54 Å². The Labute approximate surface area is 173 Å². The first-order valence-electron chi connectivity index (χ1n) is 9.69. The van der Waals surface area contributed by atoms with E-state index in [4.69, 9.17) is 0 Å². The lowest BCUT2D eigenvalue weighted by Gasteiger charge is -2.44. The van der Waals surface area contributed by atoms with Gasteiger partial charge in [0.25, 0.3) is 0 Å². The van der Waals surface area contributed by atoms with Crippen molar-refractivity contribution in [2.24, 2.45) is 0 Å². The molecule has 150 valence electrons. The third kappa shape index (κ3) is 4.52. The monoisotopic (exact) mass is 410 g/mol. The lowest BCUT2D eigenvalue weighted by Crippen LogP contribution is -2.57. The van der Waals surface area contributed by atoms with Crippen LogP contribution in [-0.2, 0) is 11.3 Å². The molecule has 3 aromatic rings. The van der Waals surface area contributed by atoms with Gasteiger partial charge in [-0.1, -0.05) is 18.2 Å². The van der Waals surface area contributed by atoms with Crippen molar-refractivity contribution in [3.63, 3.8) is 0 Å². The van der Waals surface area contributed by atoms with Crippen LogP contribution in [0.5, 0.6) is 0 Å². The largest absolute Gasteiger partial charge is 0.334 e. The van der Waals surface area contributed by atoms with Crippen molar-refractivity contribution in [1.29, 1.82) is 0 Å². The second kappa shape index (κ2) is 8.39. The summed E-state index contributed by atoms with van der Waals surface area (Å²) in [6.07, 6.45) is 3.48. The minimum atomic E-state index is -0.220. The Morgan fingerprint density at radius 2 is 1.86 bits per heavy atom. The Kier molecular flexibility index (Phi) is 5.69. The smallest absolute Gasteiger partial charge is 0.246 e. The van der Waals surface area contributed by atoms with Crippen molar-refractivity contribution in [3.8, 4) is 0 Å². The summed E-state index contributed by atoms with van der Waals surface area (Å²) >= 11 is 1.19. The summed E-state index contributed by atoms with van der Waals surface area (Å²) in [6, 6.07) is 12.8. The van der Waals surface area contributed by atoms with Crippen LogP contribution in [0.4, 0.5) is 4.39 Å². The summed E-state index contributed by atoms with van der Waals surface area (Å²) in [4.78, 5) is 17.1. The molecule has 0 aliphatic carbocycles. The van der Waals surface area contributed by atoms with Crippen LogP contribution in [0.15, 0.2) is 48.5 Å². The summed E-state index contributed by atoms with van der Waals surface area (Å²) in [5.41, 5.74) is 3.74. The molecule has 2 atom stereocenters. The van der Waals surface area contributed by atoms with Crippen molar-refractivity contribution in [2.75, 3.05) is 13.1 Å². The number of halogens is 1. The Bertz CT molecular complexity index is 1030. The third-order valence-electron chi connectivity index (χ3n) is 5.39. The molecule has 5 nitrogen and oxygen atoms in total. The maximum absolute atomic E-state index is 13.1. The number of carbonyl (C=O) groups excluding carboxylic acids is 1. The molecule has 0 saturated carbocycles. The molecule has 29 heavy (non-hydrogen) atoms. The molecule has 1 aliphatic rings. The molecule has 0 spiro atoms. The van der Waals surface area contributed by atoms with Gasteiger partial charge in [-0.15, -0.1) is 0 Å². The first kappa shape index (κ1) is 19.7. The Balaban J connectivity index is 1.39. The number of hydrogen-bond donors (Lipinski definition) is 0. The van der Waals surface area contributed by atoms with Crippen molar-refractivity contribution in [3.05, 3.63) is 65.5 Å². The van der Waals surface area contributed by atoms with Crippen molar-refractivity contribution in [1.82, 2.24) is 18.5 Å². The maximum Gasteiger partial charge on any atom is 0.246 e. The van der Waals surface area contributed by atoms with E-state index in [-0.39, 0.29) is 23.8 Å². The fraction of sp³-hybridized carbons (Fsp3) is 0.318. The molecule has 0 bridgehead atoms. The molecular formula is C22H23FN4OS. The van der Waals surface area contributed by atoms with Crippen LogP contribution in [0.25, 0.3) is 17.1 Å². The summed E-state index contributed by atoms with van der Waals surface area (Å²) in [7, 11) is 0. The molecule has 7 heteroatoms. The molecule has 0 N–H and O–H groups in total. The number of rotatable bonds is 4. The standard InChI is InChI=1S/C22H23FN4OS/c1-15-13-27(16(2)12-26(15)14-18-3-7-19(23)8-4-18)22(28)10-6-17-5-9-20-21(11-17)25-29-24-20/h3-11,15-16H,12-14H2,1-2H3/b10-6+/t15-,16+/m1/s1. The molecule has 1 saturated heterocycles. The van der Waals surface area contributed by atoms with Gasteiger partial charge in [0.15, 0.2) is 0 Å². The van der Waals surface area contributed by atoms with Gasteiger partial charge in [0, 0.05) is 37.8 Å². The average molecular weight is 411 g/mol. The first-order valence-corrected chi connectivity index (χ1v) is 10.4. The van der Waals surface area contributed by atoms with Crippen molar-refractivity contribution in [2.45, 2.75) is 32.5 Å². The normalized spacial score (nSPS) is 20.6. The van der Waals surface area contributed by atoms with Gasteiger partial charge in [0.2, 0.25) is 5.91 Å². The average Bonchev–Trinajstić information content (AvgIpc) is 3.18. The van der Waals surface area contributed by atoms with Gasteiger partial charge in [-0.05, 0) is 55.3 Å². The second-order valence-electron chi connectivity index (χ2n) is 7.59. The fourth-order valence-corrected chi connectivity index (χ4v) is 4.23. The predicted molar refractivity (Wildman–Crippen MR) is 114 cm³/mol. The number of fused-ring (bicyclic) bond motifs is 1. The highest BCUT2D eigenvalue weighted by Crippen LogP contribution is 2.20. The van der Waals surface area contributed by atoms with E-state index in [0.717, 1.165) is 35.2 Å². The maximum atomic E-state index is 13.1. The number of nitrogens with zero attached hydrogens (tertiary/aromatic N) is 4. The molecule has 2 aromatic carbocycles. The topological polar surface area (TPSA) is 49.3 Å². The minimum Gasteiger partial charge on any atom is -0.334 e. The van der Waals surface area contributed by atoms with Gasteiger partial charge < -0.3 is 4.90 Å². The van der Waals surface area contributed by atoms with Crippen LogP contribution in [0.1, 0.15) is 25.0 Å². The lowest BCUT2D eigenvalue weighted by molar-refractivity contribution is -0.131. The summed E-state index contributed by atoms with van der Waals surface area (Å²) in [6.45, 7) is 6.41. The van der Waals surface area contributed by atoms with E-state index in [2.05, 4.69) is 27.5 Å². The van der Waals surface area contributed by atoms with Gasteiger partial charge in [0.05, 0.1) is 11.7 Å². The highest BCUT2D eigenvalue weighted by molar-refractivity contribution is 7.00. The van der Waals surface area contributed by atoms with Gasteiger partial charge in [0.1, 0.15) is 16.9 Å². The molecule has 4 rings (SSSR count). The van der Waals surface area contributed by atoms with E-state index in [1.165, 1.54) is 23.9 Å². The zero-order valence-corrected chi connectivity index (χ0v) is 17.3. The quantitative estimate of drug-likeness (QED) is 0.611. The highest BCUT2D eigenvalue weighted by Gasteiger charge is 2.30. The predicted octanol–water partition coefficient (Wildman–Crippen LogP) is 3.97. The number of hydrogen-bond acceptors (Lipinski definition) is 5. The van der Waals surface area contributed by atoms with Crippen LogP contribution in [0.3, 0.4) is 0 Å². The first-order chi connectivity index (χ1) is 14.0. The highest BCUT2D eigenvalue weighted by atomic mass is 32.1. The molecule has 0 unspecified atom stereocenters. The van der Waals surface area contributed by atoms with Crippen LogP contribution in [-0.4, -0.2) is 49.6 Å². The summed E-state index contributed by atoms with van der Waals surface area (Å²) in [5.74, 6) is -0.204. The van der Waals surface area contributed by atoms with Gasteiger partial charge in [-0.2, -0.15) is 8.75 Å². The van der Waals surface area contributed by atoms with Crippen molar-refractivity contribution < 1.29 is 9.18 Å². The SMILES string of the molecule is C[C@@H]1CN(C(=O)/C=C/c2ccc3nsnc3c2)[C@@H](C)CN1Cc1ccc(F)cc1. The number of piperazine rings is 1. The Hall–Kier alpha value is -2.64. The Morgan fingerprint density at radius 1 is 1.10 bits per heavy atom. The van der Waals surface area contributed by atoms with Gasteiger partial charge in [-0.25, -0.2) is 4.39 Å². The van der Waals surface area contributed by atoms with Crippen LogP contribution >= 0.6 is 11.7 Å². The van der Waals surface area contributed by atoms with E-state index >= 15 is 0 Å². The molecule has 0 radical (unpaired) electrons. The summed E-state index contributed by atoms with van der Waals surface area (Å²) in [5, 5.41) is 0. The van der Waals surface area contributed by atoms with Crippen molar-refractivity contribution >= 4 is 34.7 Å². The number of aromatic nitrogens is 2. The Morgan fingerprint density at radius 3 is 2.66 bits per heavy atom. The van der Waals surface area contributed by atoms with Crippen LogP contribution < -0.4 is 0 Å². The van der Waals surface area contributed by atoms with E-state index in [1.54, 1.807) is 6.08 Å². The number of carbonyl (C=O) groups is 1. The van der Waals surface area contributed by atoms with Gasteiger partial charge >= 0.3 is 0 Å². The van der Waals surface area contributed by atoms with E-state index < -0.39 is 0 Å². The number of amides is 1. The molecule has 1 aromatic heterocycles. The molecule has 2 heterocycles.